The third-order valence-electron chi connectivity index (χ3n) is 3.43. The number of aliphatic hydroxyl groups is 1. The van der Waals surface area contributed by atoms with Gasteiger partial charge in [0.2, 0.25) is 5.91 Å². The first-order valence-electron chi connectivity index (χ1n) is 6.70. The predicted octanol–water partition coefficient (Wildman–Crippen LogP) is 1.18. The number of carbonyl (C=O) groups excluding carboxylic acids is 1. The molecule has 2 rings (SSSR count). The molecule has 1 fully saturated rings. The van der Waals surface area contributed by atoms with Gasteiger partial charge < -0.3 is 19.6 Å². The third kappa shape index (κ3) is 4.36. The van der Waals surface area contributed by atoms with Crippen LogP contribution in [0.25, 0.3) is 0 Å². The maximum Gasteiger partial charge on any atom is 0.220 e. The number of hydrogen-bond donors (Lipinski definition) is 2. The summed E-state index contributed by atoms with van der Waals surface area (Å²) in [6.07, 6.45) is 2.11. The number of amides is 1. The van der Waals surface area contributed by atoms with Gasteiger partial charge in [-0.25, -0.2) is 0 Å². The molecule has 2 N–H and O–H groups in total. The van der Waals surface area contributed by atoms with Gasteiger partial charge in [-0.2, -0.15) is 0 Å². The standard InChI is InChI=1S/C14H21NO4/c1-11-2-3-12(19-11)4-5-13(16)15-10-14(17)6-8-18-9-7-14/h2-3,17H,4-10H2,1H3,(H,15,16). The normalized spacial score (nSPS) is 18.2. The number of ether oxygens (including phenoxy) is 1. The van der Waals surface area contributed by atoms with Crippen molar-refractivity contribution in [3.63, 3.8) is 0 Å². The zero-order valence-electron chi connectivity index (χ0n) is 11.3. The summed E-state index contributed by atoms with van der Waals surface area (Å²) in [6.45, 7) is 3.28. The predicted molar refractivity (Wildman–Crippen MR) is 69.8 cm³/mol. The largest absolute Gasteiger partial charge is 0.466 e. The minimum absolute atomic E-state index is 0.0611. The Labute approximate surface area is 112 Å². The molecule has 0 atom stereocenters. The third-order valence-corrected chi connectivity index (χ3v) is 3.43. The highest BCUT2D eigenvalue weighted by Crippen LogP contribution is 2.19. The first-order chi connectivity index (χ1) is 9.07. The van der Waals surface area contributed by atoms with Gasteiger partial charge in [0.05, 0.1) is 5.60 Å². The SMILES string of the molecule is Cc1ccc(CCC(=O)NCC2(O)CCOCC2)o1. The fourth-order valence-corrected chi connectivity index (χ4v) is 2.14. The molecule has 5 heteroatoms. The number of aryl methyl sites for hydroxylation is 2. The van der Waals surface area contributed by atoms with E-state index in [1.807, 2.05) is 19.1 Å². The van der Waals surface area contributed by atoms with Crippen molar-refractivity contribution in [2.24, 2.45) is 0 Å². The Morgan fingerprint density at radius 3 is 2.79 bits per heavy atom. The van der Waals surface area contributed by atoms with Gasteiger partial charge in [0.1, 0.15) is 11.5 Å². The molecular formula is C14H21NO4. The molecule has 106 valence electrons. The van der Waals surface area contributed by atoms with Gasteiger partial charge in [-0.15, -0.1) is 0 Å². The van der Waals surface area contributed by atoms with Crippen LogP contribution in [0.5, 0.6) is 0 Å². The molecule has 1 aliphatic heterocycles. The number of furan rings is 1. The summed E-state index contributed by atoms with van der Waals surface area (Å²) in [5.74, 6) is 1.61. The second-order valence-electron chi connectivity index (χ2n) is 5.13. The molecule has 0 bridgehead atoms. The molecule has 0 radical (unpaired) electrons. The van der Waals surface area contributed by atoms with Crippen molar-refractivity contribution in [2.45, 2.75) is 38.2 Å². The average Bonchev–Trinajstić information content (AvgIpc) is 2.81. The van der Waals surface area contributed by atoms with Crippen molar-refractivity contribution in [3.8, 4) is 0 Å². The summed E-state index contributed by atoms with van der Waals surface area (Å²) in [4.78, 5) is 11.7. The zero-order chi connectivity index (χ0) is 13.7. The van der Waals surface area contributed by atoms with E-state index in [-0.39, 0.29) is 5.91 Å². The summed E-state index contributed by atoms with van der Waals surface area (Å²) in [5.41, 5.74) is -0.810. The summed E-state index contributed by atoms with van der Waals surface area (Å²) < 4.78 is 10.6. The molecule has 5 nitrogen and oxygen atoms in total. The van der Waals surface area contributed by atoms with Gasteiger partial charge in [-0.1, -0.05) is 0 Å². The van der Waals surface area contributed by atoms with Crippen molar-refractivity contribution in [3.05, 3.63) is 23.7 Å². The van der Waals surface area contributed by atoms with E-state index in [4.69, 9.17) is 9.15 Å². The molecule has 1 aromatic rings. The topological polar surface area (TPSA) is 71.7 Å². The van der Waals surface area contributed by atoms with Crippen LogP contribution in [-0.2, 0) is 16.0 Å². The molecular weight excluding hydrogens is 246 g/mol. The fraction of sp³-hybridized carbons (Fsp3) is 0.643. The summed E-state index contributed by atoms with van der Waals surface area (Å²) >= 11 is 0. The van der Waals surface area contributed by atoms with E-state index in [0.717, 1.165) is 11.5 Å². The number of rotatable bonds is 5. The lowest BCUT2D eigenvalue weighted by atomic mass is 9.94. The van der Waals surface area contributed by atoms with Crippen LogP contribution in [0.4, 0.5) is 0 Å². The molecule has 0 aromatic carbocycles. The van der Waals surface area contributed by atoms with Crippen molar-refractivity contribution >= 4 is 5.91 Å². The molecule has 1 amide bonds. The van der Waals surface area contributed by atoms with Gasteiger partial charge >= 0.3 is 0 Å². The molecule has 0 spiro atoms. The molecule has 19 heavy (non-hydrogen) atoms. The zero-order valence-corrected chi connectivity index (χ0v) is 11.3. The molecule has 0 unspecified atom stereocenters. The van der Waals surface area contributed by atoms with Crippen LogP contribution in [-0.4, -0.2) is 36.4 Å². The van der Waals surface area contributed by atoms with E-state index < -0.39 is 5.60 Å². The van der Waals surface area contributed by atoms with Crippen LogP contribution in [0.1, 0.15) is 30.8 Å². The smallest absolute Gasteiger partial charge is 0.220 e. The van der Waals surface area contributed by atoms with Crippen molar-refractivity contribution in [1.29, 1.82) is 0 Å². The highest BCUT2D eigenvalue weighted by atomic mass is 16.5. The lowest BCUT2D eigenvalue weighted by Gasteiger charge is -2.32. The van der Waals surface area contributed by atoms with Crippen LogP contribution in [0.3, 0.4) is 0 Å². The number of carbonyl (C=O) groups is 1. The number of hydrogen-bond acceptors (Lipinski definition) is 4. The minimum atomic E-state index is -0.810. The van der Waals surface area contributed by atoms with Crippen LogP contribution in [0.15, 0.2) is 16.5 Å². The maximum absolute atomic E-state index is 11.7. The van der Waals surface area contributed by atoms with Crippen molar-refractivity contribution in [2.75, 3.05) is 19.8 Å². The van der Waals surface area contributed by atoms with Crippen LogP contribution < -0.4 is 5.32 Å². The molecule has 2 heterocycles. The van der Waals surface area contributed by atoms with E-state index in [1.165, 1.54) is 0 Å². The van der Waals surface area contributed by atoms with Gasteiger partial charge in [0, 0.05) is 45.4 Å². The average molecular weight is 267 g/mol. The minimum Gasteiger partial charge on any atom is -0.466 e. The Morgan fingerprint density at radius 1 is 1.42 bits per heavy atom. The van der Waals surface area contributed by atoms with Crippen LogP contribution in [0, 0.1) is 6.92 Å². The highest BCUT2D eigenvalue weighted by molar-refractivity contribution is 5.76. The lowest BCUT2D eigenvalue weighted by Crippen LogP contribution is -2.46. The molecule has 1 aromatic heterocycles. The van der Waals surface area contributed by atoms with Gasteiger partial charge in [-0.3, -0.25) is 4.79 Å². The van der Waals surface area contributed by atoms with Crippen molar-refractivity contribution < 1.29 is 19.1 Å². The molecule has 1 aliphatic rings. The Bertz CT molecular complexity index is 421. The van der Waals surface area contributed by atoms with Gasteiger partial charge in [-0.05, 0) is 19.1 Å². The monoisotopic (exact) mass is 267 g/mol. The Morgan fingerprint density at radius 2 is 2.16 bits per heavy atom. The Balaban J connectivity index is 1.69. The fourth-order valence-electron chi connectivity index (χ4n) is 2.14. The van der Waals surface area contributed by atoms with Gasteiger partial charge in [0.25, 0.3) is 0 Å². The summed E-state index contributed by atoms with van der Waals surface area (Å²) in [5, 5.41) is 13.0. The quantitative estimate of drug-likeness (QED) is 0.840. The van der Waals surface area contributed by atoms with E-state index in [1.54, 1.807) is 0 Å². The van der Waals surface area contributed by atoms with E-state index in [9.17, 15) is 9.90 Å². The first-order valence-corrected chi connectivity index (χ1v) is 6.70. The first kappa shape index (κ1) is 14.1. The second-order valence-corrected chi connectivity index (χ2v) is 5.13. The van der Waals surface area contributed by atoms with Gasteiger partial charge in [0.15, 0.2) is 0 Å². The maximum atomic E-state index is 11.7. The van der Waals surface area contributed by atoms with Crippen LogP contribution >= 0.6 is 0 Å². The van der Waals surface area contributed by atoms with E-state index in [2.05, 4.69) is 5.32 Å². The van der Waals surface area contributed by atoms with Crippen LogP contribution in [0.2, 0.25) is 0 Å². The molecule has 0 aliphatic carbocycles. The highest BCUT2D eigenvalue weighted by Gasteiger charge is 2.29. The van der Waals surface area contributed by atoms with Crippen molar-refractivity contribution in [1.82, 2.24) is 5.32 Å². The Hall–Kier alpha value is -1.33. The van der Waals surface area contributed by atoms with E-state index in [0.29, 0.717) is 45.4 Å². The lowest BCUT2D eigenvalue weighted by molar-refractivity contribution is -0.123. The second kappa shape index (κ2) is 6.21. The number of nitrogens with one attached hydrogen (secondary N) is 1. The summed E-state index contributed by atoms with van der Waals surface area (Å²) in [6, 6.07) is 3.77. The molecule has 0 saturated carbocycles. The molecule has 1 saturated heterocycles. The summed E-state index contributed by atoms with van der Waals surface area (Å²) in [7, 11) is 0. The Kier molecular flexibility index (Phi) is 4.61. The van der Waals surface area contributed by atoms with E-state index >= 15 is 0 Å².